The molecule has 0 unspecified atom stereocenters. The molecule has 0 radical (unpaired) electrons. The third kappa shape index (κ3) is 3.80. The Morgan fingerprint density at radius 1 is 1.47 bits per heavy atom. The van der Waals surface area contributed by atoms with Gasteiger partial charge in [-0.1, -0.05) is 6.07 Å². The second kappa shape index (κ2) is 6.14. The summed E-state index contributed by atoms with van der Waals surface area (Å²) in [5.41, 5.74) is 0.951. The summed E-state index contributed by atoms with van der Waals surface area (Å²) in [6.07, 6.45) is 0. The molecule has 17 heavy (non-hydrogen) atoms. The molecule has 0 saturated carbocycles. The first-order valence-corrected chi connectivity index (χ1v) is 6.95. The Hall–Kier alpha value is -0.910. The minimum absolute atomic E-state index is 0.200. The molecule has 2 nitrogen and oxygen atoms in total. The molecule has 0 amide bonds. The van der Waals surface area contributed by atoms with E-state index in [1.807, 2.05) is 11.4 Å². The SMILES string of the molecule is COCc1csc(CSc2cccc(F)c2)n1. The topological polar surface area (TPSA) is 22.1 Å². The largest absolute Gasteiger partial charge is 0.378 e. The van der Waals surface area contributed by atoms with Crippen LogP contribution in [0.3, 0.4) is 0 Å². The normalized spacial score (nSPS) is 10.7. The lowest BCUT2D eigenvalue weighted by atomic mass is 10.4. The number of aromatic nitrogens is 1. The van der Waals surface area contributed by atoms with Crippen LogP contribution in [0.2, 0.25) is 0 Å². The van der Waals surface area contributed by atoms with E-state index >= 15 is 0 Å². The van der Waals surface area contributed by atoms with Gasteiger partial charge >= 0.3 is 0 Å². The standard InChI is InChI=1S/C12H12FNOS2/c1-15-6-10-7-17-12(14-10)8-16-11-4-2-3-9(13)5-11/h2-5,7H,6,8H2,1H3. The zero-order valence-corrected chi connectivity index (χ0v) is 11.0. The first-order chi connectivity index (χ1) is 8.28. The molecule has 2 aromatic rings. The van der Waals surface area contributed by atoms with Gasteiger partial charge in [-0.15, -0.1) is 23.1 Å². The lowest BCUT2D eigenvalue weighted by Crippen LogP contribution is -1.88. The monoisotopic (exact) mass is 269 g/mol. The molecule has 0 N–H and O–H groups in total. The second-order valence-electron chi connectivity index (χ2n) is 3.41. The van der Waals surface area contributed by atoms with Crippen LogP contribution in [-0.4, -0.2) is 12.1 Å². The summed E-state index contributed by atoms with van der Waals surface area (Å²) in [7, 11) is 1.65. The number of thiazole rings is 1. The van der Waals surface area contributed by atoms with E-state index in [0.717, 1.165) is 21.3 Å². The summed E-state index contributed by atoms with van der Waals surface area (Å²) in [5, 5.41) is 3.02. The fraction of sp³-hybridized carbons (Fsp3) is 0.250. The van der Waals surface area contributed by atoms with Crippen LogP contribution in [0, 0.1) is 5.82 Å². The van der Waals surface area contributed by atoms with E-state index in [0.29, 0.717) is 6.61 Å². The van der Waals surface area contributed by atoms with E-state index in [-0.39, 0.29) is 5.82 Å². The summed E-state index contributed by atoms with van der Waals surface area (Å²) < 4.78 is 18.0. The predicted molar refractivity (Wildman–Crippen MR) is 68.8 cm³/mol. The first kappa shape index (κ1) is 12.5. The van der Waals surface area contributed by atoms with Crippen molar-refractivity contribution in [3.05, 3.63) is 46.2 Å². The van der Waals surface area contributed by atoms with Crippen molar-refractivity contribution in [1.82, 2.24) is 4.98 Å². The van der Waals surface area contributed by atoms with Crippen LogP contribution in [0.4, 0.5) is 4.39 Å². The predicted octanol–water partition coefficient (Wildman–Crippen LogP) is 3.72. The number of methoxy groups -OCH3 is 1. The van der Waals surface area contributed by atoms with Gasteiger partial charge in [0.05, 0.1) is 18.1 Å². The van der Waals surface area contributed by atoms with Crippen molar-refractivity contribution in [3.63, 3.8) is 0 Å². The number of hydrogen-bond acceptors (Lipinski definition) is 4. The minimum atomic E-state index is -0.200. The average molecular weight is 269 g/mol. The van der Waals surface area contributed by atoms with Crippen molar-refractivity contribution >= 4 is 23.1 Å². The number of halogens is 1. The van der Waals surface area contributed by atoms with Crippen molar-refractivity contribution in [3.8, 4) is 0 Å². The lowest BCUT2D eigenvalue weighted by Gasteiger charge is -1.98. The number of hydrogen-bond donors (Lipinski definition) is 0. The molecule has 5 heteroatoms. The number of nitrogens with zero attached hydrogens (tertiary/aromatic N) is 1. The molecule has 0 aliphatic heterocycles. The van der Waals surface area contributed by atoms with Crippen molar-refractivity contribution in [1.29, 1.82) is 0 Å². The van der Waals surface area contributed by atoms with Gasteiger partial charge in [0.1, 0.15) is 10.8 Å². The summed E-state index contributed by atoms with van der Waals surface area (Å²) in [5.74, 6) is 0.562. The van der Waals surface area contributed by atoms with Crippen molar-refractivity contribution in [2.45, 2.75) is 17.3 Å². The van der Waals surface area contributed by atoms with Gasteiger partial charge in [0.25, 0.3) is 0 Å². The Labute approximate surface area is 108 Å². The molecule has 0 bridgehead atoms. The summed E-state index contributed by atoms with van der Waals surface area (Å²) in [6, 6.07) is 6.60. The van der Waals surface area contributed by atoms with Gasteiger partial charge in [-0.2, -0.15) is 0 Å². The summed E-state index contributed by atoms with van der Waals surface area (Å²) in [4.78, 5) is 5.34. The number of benzene rings is 1. The third-order valence-corrected chi connectivity index (χ3v) is 4.14. The smallest absolute Gasteiger partial charge is 0.124 e. The molecule has 0 atom stereocenters. The Kier molecular flexibility index (Phi) is 4.53. The maximum atomic E-state index is 13.0. The Balaban J connectivity index is 1.93. The number of ether oxygens (including phenoxy) is 1. The van der Waals surface area contributed by atoms with Crippen LogP contribution in [0.15, 0.2) is 34.5 Å². The van der Waals surface area contributed by atoms with Crippen LogP contribution in [0.1, 0.15) is 10.7 Å². The first-order valence-electron chi connectivity index (χ1n) is 5.08. The van der Waals surface area contributed by atoms with E-state index in [1.54, 1.807) is 36.3 Å². The van der Waals surface area contributed by atoms with Gasteiger partial charge < -0.3 is 4.74 Å². The van der Waals surface area contributed by atoms with E-state index in [4.69, 9.17) is 4.74 Å². The fourth-order valence-electron chi connectivity index (χ4n) is 1.33. The zero-order valence-electron chi connectivity index (χ0n) is 9.35. The van der Waals surface area contributed by atoms with Crippen LogP contribution < -0.4 is 0 Å². The molecule has 0 aliphatic carbocycles. The summed E-state index contributed by atoms with van der Waals surface area (Å²) in [6.45, 7) is 0.543. The van der Waals surface area contributed by atoms with E-state index < -0.39 is 0 Å². The molecule has 0 saturated heterocycles. The Morgan fingerprint density at radius 2 is 2.35 bits per heavy atom. The molecule has 2 rings (SSSR count). The highest BCUT2D eigenvalue weighted by Gasteiger charge is 2.03. The molecule has 90 valence electrons. The molecule has 0 spiro atoms. The Morgan fingerprint density at radius 3 is 3.12 bits per heavy atom. The molecule has 0 aliphatic rings. The maximum Gasteiger partial charge on any atom is 0.124 e. The van der Waals surface area contributed by atoms with E-state index in [2.05, 4.69) is 4.98 Å². The quantitative estimate of drug-likeness (QED) is 0.772. The fourth-order valence-corrected chi connectivity index (χ4v) is 3.07. The molecular formula is C12H12FNOS2. The van der Waals surface area contributed by atoms with Crippen LogP contribution in [0.25, 0.3) is 0 Å². The minimum Gasteiger partial charge on any atom is -0.378 e. The van der Waals surface area contributed by atoms with Crippen molar-refractivity contribution in [2.75, 3.05) is 7.11 Å². The molecular weight excluding hydrogens is 257 g/mol. The number of thioether (sulfide) groups is 1. The maximum absolute atomic E-state index is 13.0. The van der Waals surface area contributed by atoms with Gasteiger partial charge in [0.15, 0.2) is 0 Å². The van der Waals surface area contributed by atoms with Gasteiger partial charge in [-0.05, 0) is 18.2 Å². The van der Waals surface area contributed by atoms with Crippen LogP contribution in [-0.2, 0) is 17.1 Å². The highest BCUT2D eigenvalue weighted by Crippen LogP contribution is 2.25. The number of rotatable bonds is 5. The molecule has 1 heterocycles. The third-order valence-electron chi connectivity index (χ3n) is 2.05. The zero-order chi connectivity index (χ0) is 12.1. The van der Waals surface area contributed by atoms with Gasteiger partial charge in [-0.25, -0.2) is 9.37 Å². The van der Waals surface area contributed by atoms with Gasteiger partial charge in [-0.3, -0.25) is 0 Å². The van der Waals surface area contributed by atoms with Gasteiger partial charge in [0, 0.05) is 17.4 Å². The second-order valence-corrected chi connectivity index (χ2v) is 5.40. The highest BCUT2D eigenvalue weighted by atomic mass is 32.2. The van der Waals surface area contributed by atoms with E-state index in [1.165, 1.54) is 12.1 Å². The van der Waals surface area contributed by atoms with E-state index in [9.17, 15) is 4.39 Å². The van der Waals surface area contributed by atoms with Crippen LogP contribution >= 0.6 is 23.1 Å². The molecule has 0 fully saturated rings. The highest BCUT2D eigenvalue weighted by molar-refractivity contribution is 7.98. The molecule has 1 aromatic carbocycles. The average Bonchev–Trinajstić information content (AvgIpc) is 2.75. The van der Waals surface area contributed by atoms with Crippen molar-refractivity contribution in [2.24, 2.45) is 0 Å². The van der Waals surface area contributed by atoms with Crippen LogP contribution in [0.5, 0.6) is 0 Å². The molecule has 1 aromatic heterocycles. The van der Waals surface area contributed by atoms with Gasteiger partial charge in [0.2, 0.25) is 0 Å². The summed E-state index contributed by atoms with van der Waals surface area (Å²) >= 11 is 3.19. The Bertz CT molecular complexity index is 487. The van der Waals surface area contributed by atoms with Crippen molar-refractivity contribution < 1.29 is 9.13 Å². The lowest BCUT2D eigenvalue weighted by molar-refractivity contribution is 0.182.